The summed E-state index contributed by atoms with van der Waals surface area (Å²) in [5.74, 6) is -0.351. The van der Waals surface area contributed by atoms with Gasteiger partial charge in [0.2, 0.25) is 0 Å². The van der Waals surface area contributed by atoms with Crippen molar-refractivity contribution in [3.63, 3.8) is 0 Å². The predicted molar refractivity (Wildman–Crippen MR) is 78.0 cm³/mol. The van der Waals surface area contributed by atoms with Crippen molar-refractivity contribution in [2.24, 2.45) is 5.10 Å². The van der Waals surface area contributed by atoms with Gasteiger partial charge in [0.05, 0.1) is 16.8 Å². The van der Waals surface area contributed by atoms with Gasteiger partial charge in [-0.05, 0) is 29.8 Å². The Kier molecular flexibility index (Phi) is 4.55. The van der Waals surface area contributed by atoms with Crippen LogP contribution in [-0.2, 0) is 0 Å². The van der Waals surface area contributed by atoms with E-state index in [9.17, 15) is 4.79 Å². The molecule has 0 aromatic heterocycles. The number of nitrogens with one attached hydrogen (secondary N) is 1. The molecule has 2 rings (SSSR count). The van der Waals surface area contributed by atoms with Crippen LogP contribution in [0.25, 0.3) is 0 Å². The molecular weight excluding hydrogens is 283 g/mol. The van der Waals surface area contributed by atoms with Crippen molar-refractivity contribution < 1.29 is 4.79 Å². The Labute approximate surface area is 120 Å². The minimum atomic E-state index is -0.351. The Bertz CT molecular complexity index is 609. The fourth-order valence-electron chi connectivity index (χ4n) is 1.42. The molecule has 0 heterocycles. The number of carbonyl (C=O) groups is 1. The molecule has 0 bridgehead atoms. The molecule has 2 aromatic rings. The van der Waals surface area contributed by atoms with Crippen LogP contribution >= 0.6 is 23.2 Å². The molecule has 2 aromatic carbocycles. The maximum absolute atomic E-state index is 11.8. The summed E-state index contributed by atoms with van der Waals surface area (Å²) in [6.07, 6.45) is 1.53. The minimum absolute atomic E-state index is 0.351. The van der Waals surface area contributed by atoms with E-state index >= 15 is 0 Å². The molecule has 3 nitrogen and oxygen atoms in total. The first-order chi connectivity index (χ1) is 9.16. The number of hydrogen-bond donors (Lipinski definition) is 1. The lowest BCUT2D eigenvalue weighted by Gasteiger charge is -2.01. The van der Waals surface area contributed by atoms with Gasteiger partial charge in [-0.25, -0.2) is 5.43 Å². The number of halogens is 2. The Morgan fingerprint density at radius 2 is 1.74 bits per heavy atom. The summed E-state index contributed by atoms with van der Waals surface area (Å²) < 4.78 is 0. The van der Waals surface area contributed by atoms with Gasteiger partial charge in [-0.2, -0.15) is 5.10 Å². The minimum Gasteiger partial charge on any atom is -0.267 e. The maximum atomic E-state index is 11.8. The van der Waals surface area contributed by atoms with Crippen molar-refractivity contribution in [1.29, 1.82) is 0 Å². The van der Waals surface area contributed by atoms with Gasteiger partial charge in [0.25, 0.3) is 5.91 Å². The topological polar surface area (TPSA) is 41.5 Å². The number of rotatable bonds is 3. The average Bonchev–Trinajstić information content (AvgIpc) is 2.41. The number of nitrogens with zero attached hydrogens (tertiary/aromatic N) is 1. The smallest absolute Gasteiger partial charge is 0.267 e. The van der Waals surface area contributed by atoms with Gasteiger partial charge in [-0.1, -0.05) is 47.5 Å². The van der Waals surface area contributed by atoms with Crippen LogP contribution in [0.3, 0.4) is 0 Å². The third-order valence-corrected chi connectivity index (χ3v) is 2.95. The molecule has 5 heteroatoms. The van der Waals surface area contributed by atoms with Crippen molar-refractivity contribution in [3.8, 4) is 0 Å². The monoisotopic (exact) mass is 292 g/mol. The van der Waals surface area contributed by atoms with E-state index in [2.05, 4.69) is 10.5 Å². The molecule has 0 unspecified atom stereocenters. The molecule has 0 saturated heterocycles. The molecular formula is C14H10Cl2N2O. The standard InChI is InChI=1S/C14H10Cl2N2O/c15-11-7-5-10(6-8-11)9-17-18-14(19)12-3-1-2-4-13(12)16/h1-9H,(H,18,19)/b17-9+. The van der Waals surface area contributed by atoms with E-state index in [4.69, 9.17) is 23.2 Å². The fourth-order valence-corrected chi connectivity index (χ4v) is 1.77. The summed E-state index contributed by atoms with van der Waals surface area (Å²) in [5.41, 5.74) is 3.64. The van der Waals surface area contributed by atoms with Crippen molar-refractivity contribution >= 4 is 35.3 Å². The zero-order valence-electron chi connectivity index (χ0n) is 9.81. The highest BCUT2D eigenvalue weighted by atomic mass is 35.5. The fraction of sp³-hybridized carbons (Fsp3) is 0. The highest BCUT2D eigenvalue weighted by molar-refractivity contribution is 6.33. The molecule has 19 heavy (non-hydrogen) atoms. The van der Waals surface area contributed by atoms with Gasteiger partial charge in [-0.15, -0.1) is 0 Å². The van der Waals surface area contributed by atoms with Crippen LogP contribution in [0.1, 0.15) is 15.9 Å². The van der Waals surface area contributed by atoms with Gasteiger partial charge in [0, 0.05) is 5.02 Å². The third kappa shape index (κ3) is 3.81. The lowest BCUT2D eigenvalue weighted by Crippen LogP contribution is -2.17. The highest BCUT2D eigenvalue weighted by Crippen LogP contribution is 2.14. The van der Waals surface area contributed by atoms with Crippen molar-refractivity contribution in [2.45, 2.75) is 0 Å². The molecule has 0 spiro atoms. The Balaban J connectivity index is 2.01. The second-order valence-electron chi connectivity index (χ2n) is 3.73. The van der Waals surface area contributed by atoms with E-state index in [0.717, 1.165) is 5.56 Å². The first-order valence-corrected chi connectivity index (χ1v) is 6.26. The average molecular weight is 293 g/mol. The summed E-state index contributed by atoms with van der Waals surface area (Å²) in [7, 11) is 0. The largest absolute Gasteiger partial charge is 0.272 e. The molecule has 0 atom stereocenters. The number of amides is 1. The number of benzene rings is 2. The van der Waals surface area contributed by atoms with Gasteiger partial charge < -0.3 is 0 Å². The zero-order chi connectivity index (χ0) is 13.7. The normalized spacial score (nSPS) is 10.6. The van der Waals surface area contributed by atoms with Gasteiger partial charge in [-0.3, -0.25) is 4.79 Å². The zero-order valence-corrected chi connectivity index (χ0v) is 11.3. The summed E-state index contributed by atoms with van der Waals surface area (Å²) in [6.45, 7) is 0. The summed E-state index contributed by atoms with van der Waals surface area (Å²) in [4.78, 5) is 11.8. The summed E-state index contributed by atoms with van der Waals surface area (Å²) in [6, 6.07) is 13.9. The third-order valence-electron chi connectivity index (χ3n) is 2.37. The lowest BCUT2D eigenvalue weighted by atomic mass is 10.2. The molecule has 0 saturated carbocycles. The lowest BCUT2D eigenvalue weighted by molar-refractivity contribution is 0.0955. The Morgan fingerprint density at radius 3 is 2.42 bits per heavy atom. The Hall–Kier alpha value is -1.84. The van der Waals surface area contributed by atoms with Crippen LogP contribution in [0.5, 0.6) is 0 Å². The molecule has 0 aliphatic carbocycles. The SMILES string of the molecule is O=C(N/N=C/c1ccc(Cl)cc1)c1ccccc1Cl. The molecule has 0 aliphatic rings. The van der Waals surface area contributed by atoms with Crippen LogP contribution in [0, 0.1) is 0 Å². The highest BCUT2D eigenvalue weighted by Gasteiger charge is 2.07. The first-order valence-electron chi connectivity index (χ1n) is 5.50. The second kappa shape index (κ2) is 6.36. The predicted octanol–water partition coefficient (Wildman–Crippen LogP) is 3.76. The number of hydrazone groups is 1. The number of carbonyl (C=O) groups excluding carboxylic acids is 1. The van der Waals surface area contributed by atoms with Crippen LogP contribution in [-0.4, -0.2) is 12.1 Å². The van der Waals surface area contributed by atoms with Crippen LogP contribution in [0.4, 0.5) is 0 Å². The summed E-state index contributed by atoms with van der Waals surface area (Å²) in [5, 5.41) is 4.90. The van der Waals surface area contributed by atoms with E-state index in [1.165, 1.54) is 6.21 Å². The second-order valence-corrected chi connectivity index (χ2v) is 4.57. The van der Waals surface area contributed by atoms with Gasteiger partial charge in [0.15, 0.2) is 0 Å². The number of hydrogen-bond acceptors (Lipinski definition) is 2. The molecule has 0 aliphatic heterocycles. The summed E-state index contributed by atoms with van der Waals surface area (Å²) >= 11 is 11.7. The maximum Gasteiger partial charge on any atom is 0.272 e. The van der Waals surface area contributed by atoms with Crippen LogP contribution in [0.2, 0.25) is 10.0 Å². The van der Waals surface area contributed by atoms with Crippen LogP contribution < -0.4 is 5.43 Å². The van der Waals surface area contributed by atoms with Crippen molar-refractivity contribution in [1.82, 2.24) is 5.43 Å². The van der Waals surface area contributed by atoms with Crippen molar-refractivity contribution in [3.05, 3.63) is 69.7 Å². The van der Waals surface area contributed by atoms with Crippen molar-refractivity contribution in [2.75, 3.05) is 0 Å². The van der Waals surface area contributed by atoms with Gasteiger partial charge >= 0.3 is 0 Å². The van der Waals surface area contributed by atoms with Crippen LogP contribution in [0.15, 0.2) is 53.6 Å². The quantitative estimate of drug-likeness (QED) is 0.679. The molecule has 96 valence electrons. The molecule has 1 amide bonds. The van der Waals surface area contributed by atoms with E-state index < -0.39 is 0 Å². The first kappa shape index (κ1) is 13.6. The van der Waals surface area contributed by atoms with Gasteiger partial charge in [0.1, 0.15) is 0 Å². The van der Waals surface area contributed by atoms with E-state index in [0.29, 0.717) is 15.6 Å². The van der Waals surface area contributed by atoms with E-state index in [-0.39, 0.29) is 5.91 Å². The molecule has 1 N–H and O–H groups in total. The van der Waals surface area contributed by atoms with E-state index in [1.54, 1.807) is 48.5 Å². The Morgan fingerprint density at radius 1 is 1.05 bits per heavy atom. The molecule has 0 radical (unpaired) electrons. The van der Waals surface area contributed by atoms with E-state index in [1.807, 2.05) is 0 Å². The molecule has 0 fully saturated rings.